The molecule has 2 atom stereocenters. The third kappa shape index (κ3) is 2.69. The van der Waals surface area contributed by atoms with E-state index >= 15 is 0 Å². The van der Waals surface area contributed by atoms with E-state index in [9.17, 15) is 0 Å². The maximum absolute atomic E-state index is 8.68. The van der Waals surface area contributed by atoms with Crippen LogP contribution in [-0.2, 0) is 0 Å². The molecule has 0 radical (unpaired) electrons. The summed E-state index contributed by atoms with van der Waals surface area (Å²) >= 11 is 0. The smallest absolute Gasteiger partial charge is 0.0625 e. The lowest BCUT2D eigenvalue weighted by Gasteiger charge is -2.33. The van der Waals surface area contributed by atoms with Crippen LogP contribution in [0.25, 0.3) is 0 Å². The zero-order chi connectivity index (χ0) is 10.0. The highest BCUT2D eigenvalue weighted by Gasteiger charge is 2.39. The van der Waals surface area contributed by atoms with Gasteiger partial charge in [0.2, 0.25) is 0 Å². The van der Waals surface area contributed by atoms with Crippen LogP contribution < -0.4 is 0 Å². The molecule has 1 aliphatic carbocycles. The normalized spacial score (nSPS) is 31.0. The Morgan fingerprint density at radius 3 is 2.93 bits per heavy atom. The van der Waals surface area contributed by atoms with E-state index in [1.165, 1.54) is 38.8 Å². The Hall–Kier alpha value is -0.120. The van der Waals surface area contributed by atoms with Gasteiger partial charge < -0.3 is 4.90 Å². The summed E-state index contributed by atoms with van der Waals surface area (Å²) < 4.78 is 0. The molecule has 0 N–H and O–H groups in total. The van der Waals surface area contributed by atoms with E-state index in [-0.39, 0.29) is 0 Å². The molecule has 0 amide bonds. The maximum atomic E-state index is 8.68. The van der Waals surface area contributed by atoms with Gasteiger partial charge in [0.25, 0.3) is 0 Å². The van der Waals surface area contributed by atoms with Crippen LogP contribution in [0.4, 0.5) is 0 Å². The zero-order valence-electron chi connectivity index (χ0n) is 8.71. The Morgan fingerprint density at radius 2 is 2.29 bits per heavy atom. The Labute approximate surface area is 88.9 Å². The minimum absolute atomic E-state index is 0.550. The molecule has 1 heterocycles. The van der Waals surface area contributed by atoms with Gasteiger partial charge in [-0.05, 0) is 43.3 Å². The van der Waals surface area contributed by atoms with Crippen LogP contribution in [0, 0.1) is 17.2 Å². The highest BCUT2D eigenvalue weighted by molar-refractivity contribution is 7.19. The molecule has 2 unspecified atom stereocenters. The summed E-state index contributed by atoms with van der Waals surface area (Å²) in [5.74, 6) is 0.640. The van der Waals surface area contributed by atoms with Crippen molar-refractivity contribution in [1.82, 2.24) is 4.90 Å². The molecule has 2 aliphatic rings. The minimum atomic E-state index is 0.550. The van der Waals surface area contributed by atoms with Crippen molar-refractivity contribution < 1.29 is 0 Å². The van der Waals surface area contributed by atoms with Crippen molar-refractivity contribution in [2.75, 3.05) is 19.6 Å². The number of hydrogen-bond donors (Lipinski definition) is 0. The summed E-state index contributed by atoms with van der Waals surface area (Å²) in [5, 5.41) is 9.23. The summed E-state index contributed by atoms with van der Waals surface area (Å²) in [4.78, 5) is 2.56. The van der Waals surface area contributed by atoms with Gasteiger partial charge in [-0.2, -0.15) is 5.26 Å². The molecule has 2 fully saturated rings. The highest BCUT2D eigenvalue weighted by Crippen LogP contribution is 2.45. The fraction of sp³-hybridized carbons (Fsp3) is 0.909. The average Bonchev–Trinajstić information content (AvgIpc) is 2.84. The molecule has 1 saturated carbocycles. The summed E-state index contributed by atoms with van der Waals surface area (Å²) in [6, 6.07) is 2.30. The topological polar surface area (TPSA) is 27.0 Å². The first kappa shape index (κ1) is 10.4. The standard InChI is InChI=1S/C11H19N2P/c12-6-3-10-2-1-7-13(8-10)9-11(14)4-5-11/h10H,1-5,7-9,14H2. The Bertz CT molecular complexity index is 242. The highest BCUT2D eigenvalue weighted by atomic mass is 31.0. The second kappa shape index (κ2) is 4.17. The van der Waals surface area contributed by atoms with Crippen LogP contribution in [0.3, 0.4) is 0 Å². The molecule has 0 spiro atoms. The number of piperidine rings is 1. The summed E-state index contributed by atoms with van der Waals surface area (Å²) in [5.41, 5.74) is 0. The van der Waals surface area contributed by atoms with Crippen molar-refractivity contribution in [3.8, 4) is 6.07 Å². The van der Waals surface area contributed by atoms with Gasteiger partial charge in [-0.1, -0.05) is 0 Å². The van der Waals surface area contributed by atoms with Gasteiger partial charge in [0.1, 0.15) is 0 Å². The minimum Gasteiger partial charge on any atom is -0.302 e. The summed E-state index contributed by atoms with van der Waals surface area (Å²) in [6.45, 7) is 3.64. The monoisotopic (exact) mass is 210 g/mol. The van der Waals surface area contributed by atoms with Crippen molar-refractivity contribution in [2.24, 2.45) is 5.92 Å². The summed E-state index contributed by atoms with van der Waals surface area (Å²) in [7, 11) is 3.01. The predicted octanol–water partition coefficient (Wildman–Crippen LogP) is 2.02. The fourth-order valence-corrected chi connectivity index (χ4v) is 2.76. The first-order valence-corrected chi connectivity index (χ1v) is 6.18. The van der Waals surface area contributed by atoms with Crippen molar-refractivity contribution in [1.29, 1.82) is 5.26 Å². The molecule has 1 saturated heterocycles. The van der Waals surface area contributed by atoms with Crippen molar-refractivity contribution in [2.45, 2.75) is 37.3 Å². The van der Waals surface area contributed by atoms with E-state index in [4.69, 9.17) is 5.26 Å². The van der Waals surface area contributed by atoms with Crippen molar-refractivity contribution in [3.63, 3.8) is 0 Å². The number of hydrogen-bond acceptors (Lipinski definition) is 2. The summed E-state index contributed by atoms with van der Waals surface area (Å²) in [6.07, 6.45) is 6.04. The SMILES string of the molecule is N#CCC1CCCN(CC2(P)CC2)C1. The molecule has 2 nitrogen and oxygen atoms in total. The molecular weight excluding hydrogens is 191 g/mol. The van der Waals surface area contributed by atoms with Gasteiger partial charge in [0.05, 0.1) is 6.07 Å². The Kier molecular flexibility index (Phi) is 3.10. The largest absolute Gasteiger partial charge is 0.302 e. The number of nitriles is 1. The zero-order valence-corrected chi connectivity index (χ0v) is 9.86. The molecule has 1 aliphatic heterocycles. The van der Waals surface area contributed by atoms with Crippen LogP contribution in [0.5, 0.6) is 0 Å². The molecule has 0 bridgehead atoms. The van der Waals surface area contributed by atoms with Crippen molar-refractivity contribution in [3.05, 3.63) is 0 Å². The lowest BCUT2D eigenvalue weighted by molar-refractivity contribution is 0.175. The van der Waals surface area contributed by atoms with E-state index in [0.717, 1.165) is 13.0 Å². The molecule has 78 valence electrons. The van der Waals surface area contributed by atoms with E-state index in [1.54, 1.807) is 0 Å². The number of likely N-dealkylation sites (tertiary alicyclic amines) is 1. The molecule has 2 rings (SSSR count). The van der Waals surface area contributed by atoms with Crippen LogP contribution in [-0.4, -0.2) is 29.7 Å². The quantitative estimate of drug-likeness (QED) is 0.666. The first-order chi connectivity index (χ1) is 6.72. The predicted molar refractivity (Wildman–Crippen MR) is 61.1 cm³/mol. The van der Waals surface area contributed by atoms with Crippen molar-refractivity contribution >= 4 is 9.24 Å². The number of nitrogens with zero attached hydrogens (tertiary/aromatic N) is 2. The molecule has 14 heavy (non-hydrogen) atoms. The van der Waals surface area contributed by atoms with Gasteiger partial charge >= 0.3 is 0 Å². The van der Waals surface area contributed by atoms with Crippen LogP contribution in [0.2, 0.25) is 0 Å². The second-order valence-corrected chi connectivity index (χ2v) is 6.19. The van der Waals surface area contributed by atoms with Gasteiger partial charge in [0, 0.05) is 19.5 Å². The third-order valence-electron chi connectivity index (χ3n) is 3.41. The molecule has 0 aromatic heterocycles. The van der Waals surface area contributed by atoms with E-state index in [0.29, 0.717) is 11.1 Å². The van der Waals surface area contributed by atoms with Gasteiger partial charge in [-0.3, -0.25) is 0 Å². The molecular formula is C11H19N2P. The maximum Gasteiger partial charge on any atom is 0.0625 e. The van der Waals surface area contributed by atoms with Gasteiger partial charge in [-0.25, -0.2) is 0 Å². The first-order valence-electron chi connectivity index (χ1n) is 5.60. The van der Waals surface area contributed by atoms with Crippen LogP contribution >= 0.6 is 9.24 Å². The lowest BCUT2D eigenvalue weighted by atomic mass is 9.95. The van der Waals surface area contributed by atoms with Gasteiger partial charge in [0.15, 0.2) is 0 Å². The van der Waals surface area contributed by atoms with Gasteiger partial charge in [-0.15, -0.1) is 9.24 Å². The molecule has 3 heteroatoms. The third-order valence-corrected chi connectivity index (χ3v) is 4.17. The Morgan fingerprint density at radius 1 is 1.50 bits per heavy atom. The molecule has 0 aromatic rings. The van der Waals surface area contributed by atoms with E-state index < -0.39 is 0 Å². The Balaban J connectivity index is 1.79. The second-order valence-electron chi connectivity index (χ2n) is 4.97. The van der Waals surface area contributed by atoms with Crippen LogP contribution in [0.15, 0.2) is 0 Å². The average molecular weight is 210 g/mol. The fourth-order valence-electron chi connectivity index (χ4n) is 2.35. The van der Waals surface area contributed by atoms with E-state index in [1.807, 2.05) is 0 Å². The van der Waals surface area contributed by atoms with E-state index in [2.05, 4.69) is 20.2 Å². The van der Waals surface area contributed by atoms with Crippen LogP contribution in [0.1, 0.15) is 32.1 Å². The number of rotatable bonds is 3. The lowest BCUT2D eigenvalue weighted by Crippen LogP contribution is -2.39. The molecule has 0 aromatic carbocycles.